The van der Waals surface area contributed by atoms with Gasteiger partial charge in [-0.1, -0.05) is 66.7 Å². The second-order valence-corrected chi connectivity index (χ2v) is 25.8. The fourth-order valence-corrected chi connectivity index (χ4v) is 15.0. The van der Waals surface area contributed by atoms with Crippen LogP contribution in [0.3, 0.4) is 0 Å². The van der Waals surface area contributed by atoms with Crippen LogP contribution in [0.25, 0.3) is 44.8 Å². The van der Waals surface area contributed by atoms with Crippen LogP contribution in [0.4, 0.5) is 26.0 Å². The first kappa shape index (κ1) is 57.1. The van der Waals surface area contributed by atoms with Crippen molar-refractivity contribution in [3.05, 3.63) is 145 Å². The van der Waals surface area contributed by atoms with Gasteiger partial charge in [-0.2, -0.15) is 0 Å². The number of ether oxygens (including phenoxy) is 4. The molecule has 0 aliphatic carbocycles. The molecular weight excluding hydrogens is 1180 g/mol. The van der Waals surface area contributed by atoms with Crippen molar-refractivity contribution >= 4 is 84.6 Å². The number of anilines is 3. The number of aromatic nitrogens is 10. The highest BCUT2D eigenvalue weighted by molar-refractivity contribution is 8.54. The summed E-state index contributed by atoms with van der Waals surface area (Å²) in [6.07, 6.45) is -8.44. The summed E-state index contributed by atoms with van der Waals surface area (Å²) in [5.74, 6) is -0.0592. The van der Waals surface area contributed by atoms with E-state index in [0.29, 0.717) is 47.9 Å². The number of para-hydroxylation sites is 1. The summed E-state index contributed by atoms with van der Waals surface area (Å²) in [5.41, 5.74) is 18.7. The van der Waals surface area contributed by atoms with E-state index in [1.54, 1.807) is 46.0 Å². The van der Waals surface area contributed by atoms with E-state index in [2.05, 4.69) is 35.2 Å². The first-order valence-electron chi connectivity index (χ1n) is 27.0. The van der Waals surface area contributed by atoms with Crippen molar-refractivity contribution in [3.63, 3.8) is 0 Å². The van der Waals surface area contributed by atoms with Gasteiger partial charge in [-0.15, -0.1) is 5.10 Å². The maximum atomic E-state index is 17.0. The Morgan fingerprint density at radius 1 is 0.767 bits per heavy atom. The fourth-order valence-electron chi connectivity index (χ4n) is 10.6. The summed E-state index contributed by atoms with van der Waals surface area (Å²) >= 11 is 0.666. The molecule has 3 saturated heterocycles. The molecule has 4 N–H and O–H groups in total. The smallest absolute Gasteiger partial charge is 0.389 e. The van der Waals surface area contributed by atoms with Gasteiger partial charge in [-0.3, -0.25) is 27.5 Å². The second-order valence-electron chi connectivity index (χ2n) is 20.2. The number of esters is 1. The van der Waals surface area contributed by atoms with E-state index in [1.807, 2.05) is 55.5 Å². The van der Waals surface area contributed by atoms with Crippen molar-refractivity contribution < 1.29 is 64.5 Å². The van der Waals surface area contributed by atoms with E-state index < -0.39 is 82.7 Å². The number of nitrogen functional groups attached to an aromatic ring is 2. The summed E-state index contributed by atoms with van der Waals surface area (Å²) in [6.45, 7) is -3.32. The zero-order chi connectivity index (χ0) is 59.4. The Hall–Kier alpha value is -7.98. The molecule has 440 valence electrons. The van der Waals surface area contributed by atoms with Crippen LogP contribution in [0.5, 0.6) is 11.5 Å². The fraction of sp³-hybridized carbons (Fsp3) is 0.291. The first-order chi connectivity index (χ1) is 41.6. The number of rotatable bonds is 12. The number of carbonyl (C=O) groups is 2. The van der Waals surface area contributed by atoms with E-state index in [9.17, 15) is 14.2 Å². The highest BCUT2D eigenvalue weighted by Gasteiger charge is 2.55. The average Bonchev–Trinajstić information content (AvgIpc) is 1.87. The van der Waals surface area contributed by atoms with E-state index in [1.165, 1.54) is 46.2 Å². The van der Waals surface area contributed by atoms with Gasteiger partial charge in [0, 0.05) is 29.5 Å². The summed E-state index contributed by atoms with van der Waals surface area (Å²) in [6, 6.07) is 29.8. The van der Waals surface area contributed by atoms with Crippen molar-refractivity contribution in [2.75, 3.05) is 36.2 Å². The maximum Gasteiger partial charge on any atom is 0.389 e. The topological polar surface area (TPSA) is 302 Å². The maximum absolute atomic E-state index is 17.0. The number of halogens is 2. The predicted molar refractivity (Wildman–Crippen MR) is 309 cm³/mol. The third-order valence-corrected chi connectivity index (χ3v) is 19.6. The van der Waals surface area contributed by atoms with Gasteiger partial charge in [-0.25, -0.2) is 47.7 Å². The lowest BCUT2D eigenvalue weighted by Gasteiger charge is -2.30. The molecule has 3 fully saturated rings. The van der Waals surface area contributed by atoms with Gasteiger partial charge in [0.1, 0.15) is 65.6 Å². The lowest BCUT2D eigenvalue weighted by molar-refractivity contribution is -0.118. The number of hydrogen-bond donors (Lipinski definition) is 2. The van der Waals surface area contributed by atoms with E-state index >= 15 is 13.3 Å². The highest BCUT2D eigenvalue weighted by Crippen LogP contribution is 2.65. The van der Waals surface area contributed by atoms with Gasteiger partial charge in [-0.05, 0) is 71.0 Å². The van der Waals surface area contributed by atoms with Crippen molar-refractivity contribution in [1.29, 1.82) is 0 Å². The van der Waals surface area contributed by atoms with Crippen molar-refractivity contribution in [2.24, 2.45) is 0 Å². The number of hydrogen-bond acceptors (Lipinski definition) is 22. The van der Waals surface area contributed by atoms with Gasteiger partial charge in [0.25, 0.3) is 7.47 Å². The van der Waals surface area contributed by atoms with Gasteiger partial charge in [0.15, 0.2) is 41.9 Å². The van der Waals surface area contributed by atoms with Crippen molar-refractivity contribution in [2.45, 2.75) is 81.4 Å². The number of nitrogens with zero attached hydrogens (tertiary/aromatic N) is 11. The van der Waals surface area contributed by atoms with Crippen LogP contribution in [0.1, 0.15) is 47.3 Å². The molecule has 0 unspecified atom stereocenters. The number of benzene rings is 4. The van der Waals surface area contributed by atoms with Crippen LogP contribution < -0.4 is 25.8 Å². The number of fused-ring (bicyclic) bond motifs is 9. The molecule has 0 bridgehead atoms. The summed E-state index contributed by atoms with van der Waals surface area (Å²) in [4.78, 5) is 49.3. The van der Waals surface area contributed by atoms with Crippen LogP contribution >= 0.6 is 25.7 Å². The van der Waals surface area contributed by atoms with Crippen LogP contribution in [-0.4, -0.2) is 125 Å². The van der Waals surface area contributed by atoms with Crippen molar-refractivity contribution in [3.8, 4) is 34.0 Å². The number of nitrogens with two attached hydrogens (primary N) is 2. The lowest BCUT2D eigenvalue weighted by atomic mass is 9.95. The van der Waals surface area contributed by atoms with Crippen LogP contribution in [-0.2, 0) is 60.3 Å². The number of pyridine rings is 1. The van der Waals surface area contributed by atoms with E-state index in [4.69, 9.17) is 56.1 Å². The lowest BCUT2D eigenvalue weighted by Crippen LogP contribution is -2.37. The molecular formula is C55H50BF2N13O12P2S. The Kier molecular flexibility index (Phi) is 15.5. The molecule has 1 amide bonds. The molecule has 9 heterocycles. The Labute approximate surface area is 492 Å². The van der Waals surface area contributed by atoms with Gasteiger partial charge in [0.05, 0.1) is 61.6 Å². The minimum absolute atomic E-state index is 0.00454. The molecule has 5 aromatic heterocycles. The minimum atomic E-state index is -4.72. The number of imidazole rings is 2. The summed E-state index contributed by atoms with van der Waals surface area (Å²) in [7, 11) is 1.34. The highest BCUT2D eigenvalue weighted by atomic mass is 32.7. The molecule has 4 aliphatic heterocycles. The zero-order valence-electron chi connectivity index (χ0n) is 45.3. The Morgan fingerprint density at radius 2 is 1.43 bits per heavy atom. The van der Waals surface area contributed by atoms with Gasteiger partial charge < -0.3 is 44.4 Å². The largest absolute Gasteiger partial charge is 0.492 e. The third kappa shape index (κ3) is 11.0. The number of alkyl halides is 2. The normalized spacial score (nSPS) is 25.6. The van der Waals surface area contributed by atoms with Crippen LogP contribution in [0.2, 0.25) is 0 Å². The Bertz CT molecular complexity index is 4150. The first-order valence-corrected chi connectivity index (χ1v) is 31.7. The molecule has 13 rings (SSSR count). The quantitative estimate of drug-likeness (QED) is 0.0501. The van der Waals surface area contributed by atoms with Crippen LogP contribution in [0.15, 0.2) is 128 Å². The molecule has 0 saturated carbocycles. The SMILES string of the molecule is [B][P@@]1(=O)OC[C@H]2O[C@@H](n3cnc4c(N)ccnc43)[C@H](F)[C@@H]2O[P@@](=O)(SCc2ccc(OC(=O)c3ccc(OCCn4nnc5c4-c4ccccc4CN(C(=O)CC)c4ccccc4-5)cc3)cc2)OC[C@H]2O[C@@H](n3cnc4c(N)ncnc43)[C@H](F)[C@@H]2O1. The number of carbonyl (C=O) groups excluding carboxylic acids is 2. The molecule has 86 heavy (non-hydrogen) atoms. The summed E-state index contributed by atoms with van der Waals surface area (Å²) < 4.78 is 115. The summed E-state index contributed by atoms with van der Waals surface area (Å²) in [5, 5.41) is 9.14. The molecule has 10 atom stereocenters. The molecule has 9 aromatic rings. The molecule has 4 aromatic carbocycles. The van der Waals surface area contributed by atoms with Gasteiger partial charge >= 0.3 is 12.8 Å². The molecule has 0 spiro atoms. The van der Waals surface area contributed by atoms with E-state index in [-0.39, 0.29) is 63.4 Å². The Morgan fingerprint density at radius 3 is 2.17 bits per heavy atom. The standard InChI is InChI=1S/C55H50BF2N13O12P2S/c1-2-41(72)68-23-32-7-3-4-8-35(32)47-44(36-9-5-6-10-38(36)68)66-67-71(47)21-22-76-33-17-13-31(14-18-33)55(73)79-34-15-11-30(12-16-34)26-86-85(75)78-25-40-48(42(57)53(81-40)70-29-65-46-50(60)62-27-63-52(46)70)82-84(56,74)77-24-39-49(83-85)43(58)54(80-39)69-28-64-45-37(59)19-20-61-51(45)69/h3-20,27-29,39-40,42-43,48-49,53-54H,2,21-26H2,1H3,(H2,59,61)(H2,60,62,63)/t39-,40-,42-,43-,48-,49-,53-,54-,84-,85+/m1/s1. The predicted octanol–water partition coefficient (Wildman–Crippen LogP) is 8.52. The van der Waals surface area contributed by atoms with E-state index in [0.717, 1.165) is 34.4 Å². The molecule has 25 nitrogen and oxygen atoms in total. The average molecular weight is 1230 g/mol. The minimum Gasteiger partial charge on any atom is -0.492 e. The molecule has 2 radical (unpaired) electrons. The van der Waals surface area contributed by atoms with Crippen LogP contribution in [0, 0.1) is 0 Å². The monoisotopic (exact) mass is 1230 g/mol. The Balaban J connectivity index is 0.686. The number of amides is 1. The molecule has 4 aliphatic rings. The zero-order valence-corrected chi connectivity index (χ0v) is 47.9. The third-order valence-electron chi connectivity index (χ3n) is 14.9. The van der Waals surface area contributed by atoms with Gasteiger partial charge in [0.2, 0.25) is 13.5 Å². The molecule has 31 heteroatoms. The second kappa shape index (κ2) is 23.4. The van der Waals surface area contributed by atoms with Crippen molar-refractivity contribution in [1.82, 2.24) is 49.0 Å².